The van der Waals surface area contributed by atoms with Crippen molar-refractivity contribution in [2.24, 2.45) is 0 Å². The first-order chi connectivity index (χ1) is 24.1. The van der Waals surface area contributed by atoms with E-state index in [0.717, 1.165) is 100 Å². The normalized spacial score (nSPS) is 11.9. The van der Waals surface area contributed by atoms with Gasteiger partial charge in [0, 0.05) is 44.6 Å². The monoisotopic (exact) mass is 631 g/mol. The van der Waals surface area contributed by atoms with Gasteiger partial charge in [0.2, 0.25) is 0 Å². The Bertz CT molecular complexity index is 2920. The number of aromatic nitrogens is 5. The standard InChI is InChI=1S/C43H29N5O/c1-26-27(2)47-38-18-11-23-44-40(38)34-22-20-31(25-36(34)42(47)45-26)49-30-19-21-32-33-16-9-10-17-37(33)48-41(29-14-7-4-8-15-29)39(28-12-5-3-6-13-28)46-43(48)35(32)24-30/h3-25H,1-2H3. The lowest BCUT2D eigenvalue weighted by molar-refractivity contribution is 0.484. The fraction of sp³-hybridized carbons (Fsp3) is 0.0465. The summed E-state index contributed by atoms with van der Waals surface area (Å²) < 4.78 is 11.2. The molecule has 0 bridgehead atoms. The number of nitrogens with zero attached hydrogens (tertiary/aromatic N) is 5. The highest BCUT2D eigenvalue weighted by molar-refractivity contribution is 6.14. The van der Waals surface area contributed by atoms with Crippen molar-refractivity contribution in [1.29, 1.82) is 0 Å². The van der Waals surface area contributed by atoms with Crippen molar-refractivity contribution >= 4 is 54.8 Å². The van der Waals surface area contributed by atoms with E-state index in [1.165, 1.54) is 0 Å². The van der Waals surface area contributed by atoms with E-state index in [0.29, 0.717) is 0 Å². The number of fused-ring (bicyclic) bond motifs is 12. The second kappa shape index (κ2) is 10.5. The second-order valence-electron chi connectivity index (χ2n) is 12.5. The number of hydrogen-bond acceptors (Lipinski definition) is 4. The molecule has 0 unspecified atom stereocenters. The van der Waals surface area contributed by atoms with Crippen molar-refractivity contribution in [2.45, 2.75) is 13.8 Å². The molecular formula is C43H29N5O. The van der Waals surface area contributed by atoms with Crippen LogP contribution in [0.25, 0.3) is 77.3 Å². The van der Waals surface area contributed by atoms with Crippen LogP contribution < -0.4 is 4.74 Å². The minimum Gasteiger partial charge on any atom is -0.457 e. The van der Waals surface area contributed by atoms with E-state index >= 15 is 0 Å². The number of para-hydroxylation sites is 1. The Hall–Kier alpha value is -6.53. The minimum absolute atomic E-state index is 0.734. The Morgan fingerprint density at radius 3 is 1.92 bits per heavy atom. The molecular weight excluding hydrogens is 603 g/mol. The largest absolute Gasteiger partial charge is 0.457 e. The smallest absolute Gasteiger partial charge is 0.146 e. The topological polar surface area (TPSA) is 56.7 Å². The molecule has 49 heavy (non-hydrogen) atoms. The number of ether oxygens (including phenoxy) is 1. The first kappa shape index (κ1) is 27.6. The molecule has 10 rings (SSSR count). The van der Waals surface area contributed by atoms with Crippen molar-refractivity contribution in [1.82, 2.24) is 23.8 Å². The average Bonchev–Trinajstić information content (AvgIpc) is 3.71. The SMILES string of the molecule is Cc1nc2c3cc(Oc4ccc5c6ccccc6n6c(-c7ccccc7)c(-c7ccccc7)nc6c5c4)ccc3c3ncccc3n2c1C. The molecule has 6 heteroatoms. The lowest BCUT2D eigenvalue weighted by Crippen LogP contribution is -1.96. The highest BCUT2D eigenvalue weighted by atomic mass is 16.5. The van der Waals surface area contributed by atoms with Crippen molar-refractivity contribution in [2.75, 3.05) is 0 Å². The van der Waals surface area contributed by atoms with Gasteiger partial charge in [-0.3, -0.25) is 13.8 Å². The number of pyridine rings is 3. The Labute approximate surface area is 281 Å². The third kappa shape index (κ3) is 4.10. The van der Waals surface area contributed by atoms with Gasteiger partial charge < -0.3 is 4.74 Å². The summed E-state index contributed by atoms with van der Waals surface area (Å²) in [6.07, 6.45) is 1.85. The van der Waals surface area contributed by atoms with Gasteiger partial charge in [0.15, 0.2) is 0 Å². The van der Waals surface area contributed by atoms with Crippen LogP contribution in [0, 0.1) is 13.8 Å². The molecule has 0 aliphatic rings. The lowest BCUT2D eigenvalue weighted by atomic mass is 10.0. The first-order valence-corrected chi connectivity index (χ1v) is 16.5. The van der Waals surface area contributed by atoms with Crippen LogP contribution in [-0.2, 0) is 0 Å². The molecule has 0 saturated carbocycles. The molecule has 6 nitrogen and oxygen atoms in total. The molecule has 5 heterocycles. The minimum atomic E-state index is 0.734. The van der Waals surface area contributed by atoms with Gasteiger partial charge in [-0.05, 0) is 73.8 Å². The molecule has 10 aromatic rings. The van der Waals surface area contributed by atoms with Crippen LogP contribution in [0.3, 0.4) is 0 Å². The van der Waals surface area contributed by atoms with E-state index in [2.05, 4.69) is 138 Å². The van der Waals surface area contributed by atoms with Crippen molar-refractivity contribution < 1.29 is 4.74 Å². The molecule has 0 aliphatic carbocycles. The number of rotatable bonds is 4. The molecule has 0 fully saturated rings. The Kier molecular flexibility index (Phi) is 5.90. The van der Waals surface area contributed by atoms with E-state index < -0.39 is 0 Å². The molecule has 5 aromatic carbocycles. The maximum atomic E-state index is 6.67. The fourth-order valence-electron chi connectivity index (χ4n) is 7.38. The number of hydrogen-bond donors (Lipinski definition) is 0. The van der Waals surface area contributed by atoms with Gasteiger partial charge in [0.05, 0.1) is 33.6 Å². The predicted molar refractivity (Wildman–Crippen MR) is 199 cm³/mol. The van der Waals surface area contributed by atoms with Gasteiger partial charge in [-0.25, -0.2) is 9.97 Å². The van der Waals surface area contributed by atoms with Gasteiger partial charge in [0.25, 0.3) is 0 Å². The second-order valence-corrected chi connectivity index (χ2v) is 12.5. The zero-order chi connectivity index (χ0) is 32.6. The predicted octanol–water partition coefficient (Wildman–Crippen LogP) is 10.7. The van der Waals surface area contributed by atoms with Gasteiger partial charge in [-0.15, -0.1) is 0 Å². The van der Waals surface area contributed by atoms with Crippen LogP contribution in [0.1, 0.15) is 11.4 Å². The van der Waals surface area contributed by atoms with E-state index in [4.69, 9.17) is 19.7 Å². The van der Waals surface area contributed by atoms with Crippen LogP contribution in [0.15, 0.2) is 140 Å². The third-order valence-corrected chi connectivity index (χ3v) is 9.73. The van der Waals surface area contributed by atoms with Crippen LogP contribution in [0.2, 0.25) is 0 Å². The highest BCUT2D eigenvalue weighted by Crippen LogP contribution is 2.41. The zero-order valence-electron chi connectivity index (χ0n) is 26.9. The van der Waals surface area contributed by atoms with E-state index in [1.807, 2.05) is 24.4 Å². The number of imidazole rings is 2. The van der Waals surface area contributed by atoms with Gasteiger partial charge in [-0.1, -0.05) is 78.9 Å². The summed E-state index contributed by atoms with van der Waals surface area (Å²) in [7, 11) is 0. The summed E-state index contributed by atoms with van der Waals surface area (Å²) in [5.41, 5.74) is 11.2. The first-order valence-electron chi connectivity index (χ1n) is 16.5. The van der Waals surface area contributed by atoms with Crippen LogP contribution in [0.4, 0.5) is 0 Å². The van der Waals surface area contributed by atoms with Crippen LogP contribution in [0.5, 0.6) is 11.5 Å². The summed E-state index contributed by atoms with van der Waals surface area (Å²) in [6, 6.07) is 46.2. The van der Waals surface area contributed by atoms with Crippen molar-refractivity contribution in [3.63, 3.8) is 0 Å². The van der Waals surface area contributed by atoms with Crippen molar-refractivity contribution in [3.8, 4) is 34.0 Å². The van der Waals surface area contributed by atoms with Crippen molar-refractivity contribution in [3.05, 3.63) is 151 Å². The molecule has 0 radical (unpaired) electrons. The Morgan fingerprint density at radius 2 is 1.14 bits per heavy atom. The third-order valence-electron chi connectivity index (χ3n) is 9.73. The maximum absolute atomic E-state index is 6.67. The Balaban J connectivity index is 1.21. The van der Waals surface area contributed by atoms with Gasteiger partial charge in [0.1, 0.15) is 22.8 Å². The number of benzene rings is 5. The Morgan fingerprint density at radius 1 is 0.510 bits per heavy atom. The highest BCUT2D eigenvalue weighted by Gasteiger charge is 2.21. The quantitative estimate of drug-likeness (QED) is 0.181. The lowest BCUT2D eigenvalue weighted by Gasteiger charge is -2.13. The fourth-order valence-corrected chi connectivity index (χ4v) is 7.38. The van der Waals surface area contributed by atoms with Crippen LogP contribution in [-0.4, -0.2) is 23.8 Å². The summed E-state index contributed by atoms with van der Waals surface area (Å²) in [6.45, 7) is 4.16. The summed E-state index contributed by atoms with van der Waals surface area (Å²) in [5.74, 6) is 1.47. The van der Waals surface area contributed by atoms with Gasteiger partial charge in [-0.2, -0.15) is 0 Å². The number of aryl methyl sites for hydroxylation is 2. The molecule has 0 spiro atoms. The zero-order valence-corrected chi connectivity index (χ0v) is 26.9. The molecule has 232 valence electrons. The molecule has 0 aliphatic heterocycles. The van der Waals surface area contributed by atoms with E-state index in [-0.39, 0.29) is 0 Å². The molecule has 0 amide bonds. The molecule has 0 atom stereocenters. The maximum Gasteiger partial charge on any atom is 0.146 e. The summed E-state index contributed by atoms with van der Waals surface area (Å²) >= 11 is 0. The molecule has 0 N–H and O–H groups in total. The van der Waals surface area contributed by atoms with Gasteiger partial charge >= 0.3 is 0 Å². The molecule has 0 saturated heterocycles. The van der Waals surface area contributed by atoms with E-state index in [9.17, 15) is 0 Å². The average molecular weight is 632 g/mol. The summed E-state index contributed by atoms with van der Waals surface area (Å²) in [5, 5.41) is 5.35. The summed E-state index contributed by atoms with van der Waals surface area (Å²) in [4.78, 5) is 15.1. The van der Waals surface area contributed by atoms with E-state index in [1.54, 1.807) is 0 Å². The van der Waals surface area contributed by atoms with Crippen LogP contribution >= 0.6 is 0 Å². The molecule has 5 aromatic heterocycles.